The molecule has 0 spiro atoms. The lowest BCUT2D eigenvalue weighted by atomic mass is 10.1. The second-order valence-electron chi connectivity index (χ2n) is 5.76. The van der Waals surface area contributed by atoms with Gasteiger partial charge in [-0.1, -0.05) is 5.16 Å². The molecule has 1 aliphatic heterocycles. The van der Waals surface area contributed by atoms with Crippen molar-refractivity contribution in [1.82, 2.24) is 20.3 Å². The molecule has 8 nitrogen and oxygen atoms in total. The highest BCUT2D eigenvalue weighted by Gasteiger charge is 2.29. The standard InChI is InChI=1S/C16H20N4O4/c1-10-13(11(2)24-19-10)8-16(21)20-7-6-12(9-20)23-15-5-4-14(22-3)17-18-15/h4-5,12H,6-9H2,1-3H3/t12-/m1/s1. The molecule has 0 N–H and O–H groups in total. The SMILES string of the molecule is COc1ccc(O[C@@H]2CCN(C(=O)Cc3c(C)noc3C)C2)nn1. The zero-order chi connectivity index (χ0) is 17.1. The molecule has 2 aromatic heterocycles. The number of nitrogens with zero attached hydrogens (tertiary/aromatic N) is 4. The Balaban J connectivity index is 1.55. The second kappa shape index (κ2) is 6.86. The molecule has 128 valence electrons. The number of methoxy groups -OCH3 is 1. The first-order valence-electron chi connectivity index (χ1n) is 7.80. The number of aromatic nitrogens is 3. The predicted molar refractivity (Wildman–Crippen MR) is 83.9 cm³/mol. The van der Waals surface area contributed by atoms with Crippen molar-refractivity contribution < 1.29 is 18.8 Å². The highest BCUT2D eigenvalue weighted by molar-refractivity contribution is 5.79. The molecule has 1 aliphatic rings. The summed E-state index contributed by atoms with van der Waals surface area (Å²) in [5.41, 5.74) is 1.63. The number of hydrogen-bond acceptors (Lipinski definition) is 7. The Labute approximate surface area is 139 Å². The minimum absolute atomic E-state index is 0.0521. The zero-order valence-corrected chi connectivity index (χ0v) is 14.0. The van der Waals surface area contributed by atoms with Gasteiger partial charge in [0, 0.05) is 30.7 Å². The van der Waals surface area contributed by atoms with Crippen LogP contribution in [-0.2, 0) is 11.2 Å². The average molecular weight is 332 g/mol. The summed E-state index contributed by atoms with van der Waals surface area (Å²) in [6.45, 7) is 4.87. The normalized spacial score (nSPS) is 17.1. The molecule has 0 saturated carbocycles. The molecule has 0 radical (unpaired) electrons. The lowest BCUT2D eigenvalue weighted by molar-refractivity contribution is -0.129. The molecule has 1 amide bonds. The van der Waals surface area contributed by atoms with E-state index in [0.717, 1.165) is 17.7 Å². The Morgan fingerprint density at radius 1 is 1.33 bits per heavy atom. The molecule has 8 heteroatoms. The van der Waals surface area contributed by atoms with Gasteiger partial charge in [0.25, 0.3) is 0 Å². The summed E-state index contributed by atoms with van der Waals surface area (Å²) < 4.78 is 15.9. The maximum absolute atomic E-state index is 12.5. The highest BCUT2D eigenvalue weighted by atomic mass is 16.5. The minimum atomic E-state index is -0.0821. The van der Waals surface area contributed by atoms with E-state index in [2.05, 4.69) is 15.4 Å². The molecular weight excluding hydrogens is 312 g/mol. The molecule has 0 aliphatic carbocycles. The van der Waals surface area contributed by atoms with Crippen LogP contribution in [0.15, 0.2) is 16.7 Å². The van der Waals surface area contributed by atoms with E-state index in [0.29, 0.717) is 37.0 Å². The Bertz CT molecular complexity index is 694. The van der Waals surface area contributed by atoms with Gasteiger partial charge in [0.05, 0.1) is 25.8 Å². The molecule has 0 aromatic carbocycles. The predicted octanol–water partition coefficient (Wildman–Crippen LogP) is 1.31. The number of amides is 1. The number of ether oxygens (including phenoxy) is 2. The van der Waals surface area contributed by atoms with Gasteiger partial charge in [-0.05, 0) is 13.8 Å². The lowest BCUT2D eigenvalue weighted by Gasteiger charge is -2.16. The highest BCUT2D eigenvalue weighted by Crippen LogP contribution is 2.20. The first kappa shape index (κ1) is 16.2. The van der Waals surface area contributed by atoms with Gasteiger partial charge in [-0.3, -0.25) is 4.79 Å². The van der Waals surface area contributed by atoms with E-state index >= 15 is 0 Å². The summed E-state index contributed by atoms with van der Waals surface area (Å²) in [5, 5.41) is 11.7. The van der Waals surface area contributed by atoms with E-state index < -0.39 is 0 Å². The van der Waals surface area contributed by atoms with Crippen LogP contribution in [0.25, 0.3) is 0 Å². The Hall–Kier alpha value is -2.64. The summed E-state index contributed by atoms with van der Waals surface area (Å²) in [5.74, 6) is 1.61. The van der Waals surface area contributed by atoms with Crippen LogP contribution >= 0.6 is 0 Å². The fraction of sp³-hybridized carbons (Fsp3) is 0.500. The second-order valence-corrected chi connectivity index (χ2v) is 5.76. The summed E-state index contributed by atoms with van der Waals surface area (Å²) >= 11 is 0. The zero-order valence-electron chi connectivity index (χ0n) is 14.0. The fourth-order valence-electron chi connectivity index (χ4n) is 2.72. The number of hydrogen-bond donors (Lipinski definition) is 0. The molecule has 3 heterocycles. The summed E-state index contributed by atoms with van der Waals surface area (Å²) in [7, 11) is 1.53. The van der Waals surface area contributed by atoms with Gasteiger partial charge in [-0.15, -0.1) is 10.2 Å². The molecule has 1 atom stereocenters. The van der Waals surface area contributed by atoms with Crippen molar-refractivity contribution >= 4 is 5.91 Å². The molecule has 0 unspecified atom stereocenters. The fourth-order valence-corrected chi connectivity index (χ4v) is 2.72. The van der Waals surface area contributed by atoms with Crippen LogP contribution in [0.4, 0.5) is 0 Å². The summed E-state index contributed by atoms with van der Waals surface area (Å²) in [6, 6.07) is 3.40. The Morgan fingerprint density at radius 3 is 2.71 bits per heavy atom. The van der Waals surface area contributed by atoms with E-state index in [1.54, 1.807) is 17.0 Å². The lowest BCUT2D eigenvalue weighted by Crippen LogP contribution is -2.32. The van der Waals surface area contributed by atoms with Crippen molar-refractivity contribution in [1.29, 1.82) is 0 Å². The van der Waals surface area contributed by atoms with E-state index in [1.165, 1.54) is 7.11 Å². The van der Waals surface area contributed by atoms with Crippen LogP contribution < -0.4 is 9.47 Å². The molecule has 24 heavy (non-hydrogen) atoms. The quantitative estimate of drug-likeness (QED) is 0.815. The van der Waals surface area contributed by atoms with Crippen molar-refractivity contribution in [2.24, 2.45) is 0 Å². The van der Waals surface area contributed by atoms with Gasteiger partial charge in [0.15, 0.2) is 0 Å². The van der Waals surface area contributed by atoms with Crippen LogP contribution in [0.2, 0.25) is 0 Å². The van der Waals surface area contributed by atoms with Crippen LogP contribution in [-0.4, -0.2) is 52.5 Å². The average Bonchev–Trinajstić information content (AvgIpc) is 3.17. The molecular formula is C16H20N4O4. The van der Waals surface area contributed by atoms with Gasteiger partial charge < -0.3 is 18.9 Å². The maximum atomic E-state index is 12.5. The van der Waals surface area contributed by atoms with E-state index in [-0.39, 0.29) is 12.0 Å². The third-order valence-electron chi connectivity index (χ3n) is 4.12. The third kappa shape index (κ3) is 3.47. The summed E-state index contributed by atoms with van der Waals surface area (Å²) in [4.78, 5) is 14.3. The first-order chi connectivity index (χ1) is 11.6. The van der Waals surface area contributed by atoms with Crippen molar-refractivity contribution in [3.05, 3.63) is 29.2 Å². The van der Waals surface area contributed by atoms with Crippen molar-refractivity contribution in [3.8, 4) is 11.8 Å². The van der Waals surface area contributed by atoms with E-state index in [9.17, 15) is 4.79 Å². The maximum Gasteiger partial charge on any atom is 0.233 e. The van der Waals surface area contributed by atoms with E-state index in [4.69, 9.17) is 14.0 Å². The molecule has 1 saturated heterocycles. The Morgan fingerprint density at radius 2 is 2.08 bits per heavy atom. The molecule has 0 bridgehead atoms. The minimum Gasteiger partial charge on any atom is -0.480 e. The van der Waals surface area contributed by atoms with Crippen molar-refractivity contribution in [3.63, 3.8) is 0 Å². The molecule has 2 aromatic rings. The molecule has 3 rings (SSSR count). The molecule has 1 fully saturated rings. The van der Waals surface area contributed by atoms with Gasteiger partial charge in [0.2, 0.25) is 17.7 Å². The number of likely N-dealkylation sites (tertiary alicyclic amines) is 1. The van der Waals surface area contributed by atoms with Gasteiger partial charge in [-0.25, -0.2) is 0 Å². The van der Waals surface area contributed by atoms with Gasteiger partial charge in [-0.2, -0.15) is 0 Å². The number of aryl methyl sites for hydroxylation is 2. The van der Waals surface area contributed by atoms with Crippen molar-refractivity contribution in [2.75, 3.05) is 20.2 Å². The smallest absolute Gasteiger partial charge is 0.233 e. The van der Waals surface area contributed by atoms with Crippen LogP contribution in [0, 0.1) is 13.8 Å². The number of carbonyl (C=O) groups excluding carboxylic acids is 1. The topological polar surface area (TPSA) is 90.6 Å². The first-order valence-corrected chi connectivity index (χ1v) is 7.80. The van der Waals surface area contributed by atoms with Crippen LogP contribution in [0.3, 0.4) is 0 Å². The largest absolute Gasteiger partial charge is 0.480 e. The van der Waals surface area contributed by atoms with Crippen LogP contribution in [0.5, 0.6) is 11.8 Å². The monoisotopic (exact) mass is 332 g/mol. The van der Waals surface area contributed by atoms with E-state index in [1.807, 2.05) is 13.8 Å². The number of carbonyl (C=O) groups is 1. The summed E-state index contributed by atoms with van der Waals surface area (Å²) in [6.07, 6.45) is 0.985. The van der Waals surface area contributed by atoms with Crippen LogP contribution in [0.1, 0.15) is 23.4 Å². The van der Waals surface area contributed by atoms with Gasteiger partial charge >= 0.3 is 0 Å². The number of rotatable bonds is 5. The van der Waals surface area contributed by atoms with Gasteiger partial charge in [0.1, 0.15) is 11.9 Å². The Kier molecular flexibility index (Phi) is 4.64. The third-order valence-corrected chi connectivity index (χ3v) is 4.12. The van der Waals surface area contributed by atoms with Crippen molar-refractivity contribution in [2.45, 2.75) is 32.8 Å².